The highest BCUT2D eigenvalue weighted by molar-refractivity contribution is 5.22. The lowest BCUT2D eigenvalue weighted by Crippen LogP contribution is -2.51. The van der Waals surface area contributed by atoms with Crippen LogP contribution in [0.5, 0.6) is 0 Å². The Labute approximate surface area is 116 Å². The van der Waals surface area contributed by atoms with Gasteiger partial charge in [0.05, 0.1) is 6.10 Å². The summed E-state index contributed by atoms with van der Waals surface area (Å²) in [6.45, 7) is 5.38. The molecule has 19 heavy (non-hydrogen) atoms. The number of hydrogen-bond acceptors (Lipinski definition) is 3. The minimum absolute atomic E-state index is 0.249. The van der Waals surface area contributed by atoms with Gasteiger partial charge in [0.1, 0.15) is 0 Å². The van der Waals surface area contributed by atoms with E-state index in [4.69, 9.17) is 0 Å². The number of benzene rings is 1. The minimum Gasteiger partial charge on any atom is -0.393 e. The number of rotatable bonds is 4. The summed E-state index contributed by atoms with van der Waals surface area (Å²) in [7, 11) is 4.32. The number of hydrogen-bond donors (Lipinski definition) is 1. The third kappa shape index (κ3) is 4.30. The van der Waals surface area contributed by atoms with Gasteiger partial charge in [-0.2, -0.15) is 0 Å². The third-order valence-corrected chi connectivity index (χ3v) is 4.08. The zero-order valence-corrected chi connectivity index (χ0v) is 12.3. The zero-order chi connectivity index (χ0) is 13.8. The maximum absolute atomic E-state index is 10.3. The van der Waals surface area contributed by atoms with Crippen LogP contribution < -0.4 is 0 Å². The second-order valence-electron chi connectivity index (χ2n) is 5.98. The topological polar surface area (TPSA) is 26.7 Å². The summed E-state index contributed by atoms with van der Waals surface area (Å²) in [4.78, 5) is 4.73. The molecule has 3 nitrogen and oxygen atoms in total. The predicted molar refractivity (Wildman–Crippen MR) is 79.4 cm³/mol. The van der Waals surface area contributed by atoms with Gasteiger partial charge in [-0.25, -0.2) is 0 Å². The maximum Gasteiger partial charge on any atom is 0.0595 e. The predicted octanol–water partition coefficient (Wildman–Crippen LogP) is 1.53. The summed E-state index contributed by atoms with van der Waals surface area (Å²) in [5, 5.41) is 10.3. The van der Waals surface area contributed by atoms with Crippen LogP contribution in [0.25, 0.3) is 0 Å². The van der Waals surface area contributed by atoms with Crippen LogP contribution in [0.3, 0.4) is 0 Å². The molecule has 2 unspecified atom stereocenters. The van der Waals surface area contributed by atoms with Crippen LogP contribution >= 0.6 is 0 Å². The van der Waals surface area contributed by atoms with Gasteiger partial charge in [-0.15, -0.1) is 0 Å². The van der Waals surface area contributed by atoms with Gasteiger partial charge in [-0.3, -0.25) is 0 Å². The van der Waals surface area contributed by atoms with Gasteiger partial charge in [-0.1, -0.05) is 29.8 Å². The molecule has 1 aliphatic heterocycles. The molecular formula is C16H26N2O. The van der Waals surface area contributed by atoms with E-state index >= 15 is 0 Å². The molecule has 1 aliphatic rings. The first-order valence-corrected chi connectivity index (χ1v) is 7.17. The first kappa shape index (κ1) is 14.5. The van der Waals surface area contributed by atoms with Gasteiger partial charge >= 0.3 is 0 Å². The van der Waals surface area contributed by atoms with Gasteiger partial charge in [0.2, 0.25) is 0 Å². The highest BCUT2D eigenvalue weighted by atomic mass is 16.3. The van der Waals surface area contributed by atoms with Gasteiger partial charge in [0.15, 0.2) is 0 Å². The van der Waals surface area contributed by atoms with E-state index in [1.165, 1.54) is 11.1 Å². The first-order chi connectivity index (χ1) is 9.04. The Morgan fingerprint density at radius 1 is 1.32 bits per heavy atom. The molecule has 1 heterocycles. The van der Waals surface area contributed by atoms with Crippen molar-refractivity contribution in [3.63, 3.8) is 0 Å². The monoisotopic (exact) mass is 262 g/mol. The van der Waals surface area contributed by atoms with Crippen molar-refractivity contribution in [1.82, 2.24) is 9.80 Å². The normalized spacial score (nSPS) is 23.5. The van der Waals surface area contributed by atoms with Crippen molar-refractivity contribution in [2.75, 3.05) is 33.7 Å². The van der Waals surface area contributed by atoms with Gasteiger partial charge in [0.25, 0.3) is 0 Å². The summed E-state index contributed by atoms with van der Waals surface area (Å²) in [6.07, 6.45) is 1.37. The molecule has 0 saturated carbocycles. The van der Waals surface area contributed by atoms with E-state index in [1.54, 1.807) is 0 Å². The Kier molecular flexibility index (Phi) is 4.97. The molecule has 0 aliphatic carbocycles. The fraction of sp³-hybridized carbons (Fsp3) is 0.625. The van der Waals surface area contributed by atoms with Crippen molar-refractivity contribution < 1.29 is 5.11 Å². The molecule has 0 spiro atoms. The molecule has 1 aromatic rings. The minimum atomic E-state index is -0.249. The van der Waals surface area contributed by atoms with Gasteiger partial charge in [0, 0.05) is 25.7 Å². The number of likely N-dealkylation sites (N-methyl/N-ethyl adjacent to an activating group) is 2. The lowest BCUT2D eigenvalue weighted by atomic mass is 9.99. The fourth-order valence-corrected chi connectivity index (χ4v) is 2.86. The molecule has 1 fully saturated rings. The van der Waals surface area contributed by atoms with Crippen molar-refractivity contribution in [2.24, 2.45) is 0 Å². The molecule has 0 bridgehead atoms. The van der Waals surface area contributed by atoms with Crippen LogP contribution in [-0.4, -0.2) is 60.8 Å². The number of aryl methyl sites for hydroxylation is 1. The third-order valence-electron chi connectivity index (χ3n) is 4.08. The van der Waals surface area contributed by atoms with E-state index in [-0.39, 0.29) is 6.10 Å². The summed E-state index contributed by atoms with van der Waals surface area (Å²) in [6, 6.07) is 8.91. The number of piperazine rings is 1. The molecule has 106 valence electrons. The molecule has 1 N–H and O–H groups in total. The van der Waals surface area contributed by atoms with Crippen molar-refractivity contribution in [3.05, 3.63) is 35.4 Å². The fourth-order valence-electron chi connectivity index (χ4n) is 2.86. The molecule has 1 saturated heterocycles. The summed E-state index contributed by atoms with van der Waals surface area (Å²) >= 11 is 0. The Balaban J connectivity index is 1.88. The van der Waals surface area contributed by atoms with E-state index in [2.05, 4.69) is 55.1 Å². The molecule has 3 heteroatoms. The average molecular weight is 262 g/mol. The van der Waals surface area contributed by atoms with Crippen LogP contribution in [0.4, 0.5) is 0 Å². The highest BCUT2D eigenvalue weighted by Gasteiger charge is 2.24. The van der Waals surface area contributed by atoms with Crippen LogP contribution in [0.1, 0.15) is 17.5 Å². The Hall–Kier alpha value is -0.900. The number of nitrogens with zero attached hydrogens (tertiary/aromatic N) is 2. The van der Waals surface area contributed by atoms with Crippen LogP contribution in [0, 0.1) is 6.92 Å². The lowest BCUT2D eigenvalue weighted by molar-refractivity contribution is 0.0639. The van der Waals surface area contributed by atoms with E-state index < -0.39 is 0 Å². The SMILES string of the molecule is Cc1cccc(CC(O)CC2CN(C)CCN2C)c1. The average Bonchev–Trinajstić information content (AvgIpc) is 2.34. The second kappa shape index (κ2) is 6.51. The van der Waals surface area contributed by atoms with E-state index in [0.717, 1.165) is 32.5 Å². The van der Waals surface area contributed by atoms with E-state index in [0.29, 0.717) is 6.04 Å². The molecule has 2 rings (SSSR count). The zero-order valence-electron chi connectivity index (χ0n) is 12.3. The van der Waals surface area contributed by atoms with Crippen molar-refractivity contribution in [2.45, 2.75) is 31.9 Å². The van der Waals surface area contributed by atoms with Crippen molar-refractivity contribution in [3.8, 4) is 0 Å². The van der Waals surface area contributed by atoms with Gasteiger partial charge < -0.3 is 14.9 Å². The van der Waals surface area contributed by atoms with Gasteiger partial charge in [-0.05, 0) is 39.4 Å². The maximum atomic E-state index is 10.3. The number of aliphatic hydroxyl groups is 1. The van der Waals surface area contributed by atoms with Crippen LogP contribution in [-0.2, 0) is 6.42 Å². The van der Waals surface area contributed by atoms with Crippen molar-refractivity contribution >= 4 is 0 Å². The highest BCUT2D eigenvalue weighted by Crippen LogP contribution is 2.15. The molecule has 0 aromatic heterocycles. The molecule has 1 aromatic carbocycles. The molecule has 0 amide bonds. The van der Waals surface area contributed by atoms with Crippen LogP contribution in [0.2, 0.25) is 0 Å². The Morgan fingerprint density at radius 2 is 2.11 bits per heavy atom. The Morgan fingerprint density at radius 3 is 2.84 bits per heavy atom. The molecular weight excluding hydrogens is 236 g/mol. The molecule has 2 atom stereocenters. The summed E-state index contributed by atoms with van der Waals surface area (Å²) in [5.41, 5.74) is 2.50. The lowest BCUT2D eigenvalue weighted by Gasteiger charge is -2.38. The molecule has 0 radical (unpaired) electrons. The number of aliphatic hydroxyl groups excluding tert-OH is 1. The van der Waals surface area contributed by atoms with E-state index in [9.17, 15) is 5.11 Å². The Bertz CT molecular complexity index is 407. The van der Waals surface area contributed by atoms with Crippen LogP contribution in [0.15, 0.2) is 24.3 Å². The standard InChI is InChI=1S/C16H26N2O/c1-13-5-4-6-14(9-13)10-16(19)11-15-12-17(2)7-8-18(15)3/h4-6,9,15-16,19H,7-8,10-12H2,1-3H3. The largest absolute Gasteiger partial charge is 0.393 e. The smallest absolute Gasteiger partial charge is 0.0595 e. The summed E-state index contributed by atoms with van der Waals surface area (Å²) in [5.74, 6) is 0. The van der Waals surface area contributed by atoms with Crippen molar-refractivity contribution in [1.29, 1.82) is 0 Å². The summed E-state index contributed by atoms with van der Waals surface area (Å²) < 4.78 is 0. The second-order valence-corrected chi connectivity index (χ2v) is 5.98. The van der Waals surface area contributed by atoms with E-state index in [1.807, 2.05) is 0 Å². The quantitative estimate of drug-likeness (QED) is 0.891. The first-order valence-electron chi connectivity index (χ1n) is 7.17.